The van der Waals surface area contributed by atoms with E-state index in [0.29, 0.717) is 5.56 Å². The molecular weight excluding hydrogens is 195 g/mol. The molecule has 0 amide bonds. The van der Waals surface area contributed by atoms with Gasteiger partial charge in [-0.05, 0) is 25.5 Å². The van der Waals surface area contributed by atoms with Crippen LogP contribution in [-0.4, -0.2) is 16.3 Å². The summed E-state index contributed by atoms with van der Waals surface area (Å²) in [6.45, 7) is 2.22. The molecule has 14 heavy (non-hydrogen) atoms. The van der Waals surface area contributed by atoms with E-state index in [2.05, 4.69) is 4.98 Å². The molecule has 2 nitrogen and oxygen atoms in total. The first-order chi connectivity index (χ1) is 6.27. The smallest absolute Gasteiger partial charge is 0.376 e. The monoisotopic (exact) mass is 205 g/mol. The summed E-state index contributed by atoms with van der Waals surface area (Å²) in [7, 11) is 0. The van der Waals surface area contributed by atoms with Gasteiger partial charge in [-0.2, -0.15) is 13.2 Å². The van der Waals surface area contributed by atoms with E-state index >= 15 is 0 Å². The van der Waals surface area contributed by atoms with Crippen LogP contribution < -0.4 is 0 Å². The molecule has 1 aromatic rings. The number of nitrogens with zero attached hydrogens (tertiary/aromatic N) is 1. The van der Waals surface area contributed by atoms with Gasteiger partial charge in [0.25, 0.3) is 0 Å². The zero-order chi connectivity index (χ0) is 11.0. The molecule has 0 aromatic carbocycles. The summed E-state index contributed by atoms with van der Waals surface area (Å²) in [5.41, 5.74) is -2.69. The van der Waals surface area contributed by atoms with Gasteiger partial charge in [-0.15, -0.1) is 0 Å². The highest BCUT2D eigenvalue weighted by Crippen LogP contribution is 2.39. The van der Waals surface area contributed by atoms with Crippen LogP contribution in [0.25, 0.3) is 0 Å². The topological polar surface area (TPSA) is 33.1 Å². The van der Waals surface area contributed by atoms with Crippen molar-refractivity contribution in [1.82, 2.24) is 4.98 Å². The van der Waals surface area contributed by atoms with Gasteiger partial charge in [0.2, 0.25) is 0 Å². The van der Waals surface area contributed by atoms with E-state index in [1.165, 1.54) is 19.2 Å². The molecule has 0 bridgehead atoms. The van der Waals surface area contributed by atoms with Crippen LogP contribution in [0, 0.1) is 6.92 Å². The predicted molar refractivity (Wildman–Crippen MR) is 44.6 cm³/mol. The van der Waals surface area contributed by atoms with Crippen LogP contribution in [0.2, 0.25) is 0 Å². The van der Waals surface area contributed by atoms with Crippen LogP contribution in [0.1, 0.15) is 18.1 Å². The maximum atomic E-state index is 12.4. The fraction of sp³-hybridized carbons (Fsp3) is 0.444. The molecule has 0 radical (unpaired) electrons. The third kappa shape index (κ3) is 1.72. The minimum Gasteiger partial charge on any atom is -0.376 e. The van der Waals surface area contributed by atoms with Crippen LogP contribution in [0.5, 0.6) is 0 Å². The van der Waals surface area contributed by atoms with E-state index in [1.54, 1.807) is 0 Å². The zero-order valence-corrected chi connectivity index (χ0v) is 7.76. The number of hydrogen-bond donors (Lipinski definition) is 1. The Morgan fingerprint density at radius 3 is 2.36 bits per heavy atom. The highest BCUT2D eigenvalue weighted by molar-refractivity contribution is 5.28. The van der Waals surface area contributed by atoms with Gasteiger partial charge in [-0.25, -0.2) is 0 Å². The standard InChI is InChI=1S/C9H10F3NO/c1-6-3-4-13-5-7(6)8(2,14)9(10,11)12/h3-5,14H,1-2H3/t8-/m0/s1. The Hall–Kier alpha value is -1.10. The number of alkyl halides is 3. The van der Waals surface area contributed by atoms with E-state index in [-0.39, 0.29) is 5.56 Å². The Morgan fingerprint density at radius 2 is 1.93 bits per heavy atom. The second-order valence-electron chi connectivity index (χ2n) is 3.26. The lowest BCUT2D eigenvalue weighted by molar-refractivity contribution is -0.259. The van der Waals surface area contributed by atoms with Gasteiger partial charge < -0.3 is 5.11 Å². The van der Waals surface area contributed by atoms with Crippen molar-refractivity contribution in [1.29, 1.82) is 0 Å². The second-order valence-corrected chi connectivity index (χ2v) is 3.26. The Kier molecular flexibility index (Phi) is 2.54. The first kappa shape index (κ1) is 11.0. The molecule has 0 spiro atoms. The maximum absolute atomic E-state index is 12.4. The molecule has 78 valence electrons. The Labute approximate surface area is 79.4 Å². The van der Waals surface area contributed by atoms with E-state index < -0.39 is 11.8 Å². The van der Waals surface area contributed by atoms with Gasteiger partial charge in [0.05, 0.1) is 0 Å². The minimum absolute atomic E-state index is 0.215. The molecule has 0 fully saturated rings. The van der Waals surface area contributed by atoms with Crippen LogP contribution in [0.4, 0.5) is 13.2 Å². The Balaban J connectivity index is 3.23. The van der Waals surface area contributed by atoms with Crippen LogP contribution >= 0.6 is 0 Å². The molecule has 1 atom stereocenters. The number of aromatic nitrogens is 1. The lowest BCUT2D eigenvalue weighted by atomic mass is 9.93. The van der Waals surface area contributed by atoms with Gasteiger partial charge in [0.15, 0.2) is 5.60 Å². The summed E-state index contributed by atoms with van der Waals surface area (Å²) in [5, 5.41) is 9.34. The Bertz CT molecular complexity index is 333. The fourth-order valence-corrected chi connectivity index (χ4v) is 1.13. The van der Waals surface area contributed by atoms with Gasteiger partial charge >= 0.3 is 6.18 Å². The average molecular weight is 205 g/mol. The Morgan fingerprint density at radius 1 is 1.36 bits per heavy atom. The fourth-order valence-electron chi connectivity index (χ4n) is 1.13. The predicted octanol–water partition coefficient (Wildman–Crippen LogP) is 2.16. The number of aliphatic hydroxyl groups is 1. The van der Waals surface area contributed by atoms with Crippen molar-refractivity contribution in [2.75, 3.05) is 0 Å². The van der Waals surface area contributed by atoms with Crippen LogP contribution in [0.15, 0.2) is 18.5 Å². The van der Waals surface area contributed by atoms with Crippen molar-refractivity contribution in [3.8, 4) is 0 Å². The highest BCUT2D eigenvalue weighted by atomic mass is 19.4. The molecule has 1 rings (SSSR count). The molecule has 0 unspecified atom stereocenters. The summed E-state index contributed by atoms with van der Waals surface area (Å²) >= 11 is 0. The largest absolute Gasteiger partial charge is 0.421 e. The molecular formula is C9H10F3NO. The van der Waals surface area contributed by atoms with Gasteiger partial charge in [-0.3, -0.25) is 4.98 Å². The molecule has 0 saturated heterocycles. The quantitative estimate of drug-likeness (QED) is 0.762. The van der Waals surface area contributed by atoms with E-state index in [9.17, 15) is 18.3 Å². The van der Waals surface area contributed by atoms with Crippen molar-refractivity contribution in [3.63, 3.8) is 0 Å². The van der Waals surface area contributed by atoms with Crippen molar-refractivity contribution >= 4 is 0 Å². The van der Waals surface area contributed by atoms with Crippen LogP contribution in [-0.2, 0) is 5.60 Å². The van der Waals surface area contributed by atoms with Crippen molar-refractivity contribution in [3.05, 3.63) is 29.6 Å². The lowest BCUT2D eigenvalue weighted by Crippen LogP contribution is -2.39. The van der Waals surface area contributed by atoms with E-state index in [4.69, 9.17) is 0 Å². The average Bonchev–Trinajstić information content (AvgIpc) is 2.02. The first-order valence-corrected chi connectivity index (χ1v) is 3.97. The molecule has 5 heteroatoms. The van der Waals surface area contributed by atoms with E-state index in [0.717, 1.165) is 13.1 Å². The number of rotatable bonds is 1. The summed E-state index contributed by atoms with van der Waals surface area (Å²) in [6.07, 6.45) is -2.28. The number of halogens is 3. The third-order valence-corrected chi connectivity index (χ3v) is 2.12. The van der Waals surface area contributed by atoms with Crippen molar-refractivity contribution < 1.29 is 18.3 Å². The van der Waals surface area contributed by atoms with Gasteiger partial charge in [0.1, 0.15) is 0 Å². The van der Waals surface area contributed by atoms with Gasteiger partial charge in [-0.1, -0.05) is 0 Å². The van der Waals surface area contributed by atoms with Crippen molar-refractivity contribution in [2.45, 2.75) is 25.6 Å². The molecule has 1 aromatic heterocycles. The molecule has 1 N–H and O–H groups in total. The number of pyridine rings is 1. The molecule has 0 aliphatic rings. The first-order valence-electron chi connectivity index (χ1n) is 3.97. The van der Waals surface area contributed by atoms with Gasteiger partial charge in [0, 0.05) is 18.0 Å². The molecule has 1 heterocycles. The molecule has 0 saturated carbocycles. The normalized spacial score (nSPS) is 16.4. The summed E-state index contributed by atoms with van der Waals surface area (Å²) < 4.78 is 37.3. The number of hydrogen-bond acceptors (Lipinski definition) is 2. The SMILES string of the molecule is Cc1ccncc1[C@](C)(O)C(F)(F)F. The zero-order valence-electron chi connectivity index (χ0n) is 7.76. The molecule has 0 aliphatic carbocycles. The minimum atomic E-state index is -4.69. The lowest BCUT2D eigenvalue weighted by Gasteiger charge is -2.27. The summed E-state index contributed by atoms with van der Waals surface area (Å²) in [4.78, 5) is 3.57. The van der Waals surface area contributed by atoms with Crippen molar-refractivity contribution in [2.24, 2.45) is 0 Å². The highest BCUT2D eigenvalue weighted by Gasteiger charge is 2.51. The second kappa shape index (κ2) is 3.24. The summed E-state index contributed by atoms with van der Waals surface area (Å²) in [5.74, 6) is 0. The third-order valence-electron chi connectivity index (χ3n) is 2.12. The number of aryl methyl sites for hydroxylation is 1. The maximum Gasteiger partial charge on any atom is 0.421 e. The van der Waals surface area contributed by atoms with E-state index in [1.807, 2.05) is 0 Å². The molecule has 0 aliphatic heterocycles. The van der Waals surface area contributed by atoms with Crippen LogP contribution in [0.3, 0.4) is 0 Å². The summed E-state index contributed by atoms with van der Waals surface area (Å²) in [6, 6.07) is 1.43.